The number of amides is 3. The molecule has 108 valence electrons. The predicted octanol–water partition coefficient (Wildman–Crippen LogP) is 1.62. The van der Waals surface area contributed by atoms with Gasteiger partial charge in [-0.2, -0.15) is 0 Å². The number of nitrogens with zero attached hydrogens (tertiary/aromatic N) is 1. The molecule has 1 aromatic rings. The Balaban J connectivity index is 2.41. The van der Waals surface area contributed by atoms with E-state index in [0.29, 0.717) is 4.88 Å². The van der Waals surface area contributed by atoms with E-state index < -0.39 is 29.5 Å². The highest BCUT2D eigenvalue weighted by molar-refractivity contribution is 7.10. The van der Waals surface area contributed by atoms with Crippen molar-refractivity contribution in [2.24, 2.45) is 5.92 Å². The first-order valence-electron chi connectivity index (χ1n) is 6.21. The minimum Gasteiger partial charge on any atom is -0.480 e. The molecule has 0 spiro atoms. The van der Waals surface area contributed by atoms with E-state index in [1.165, 1.54) is 11.3 Å². The second-order valence-corrected chi connectivity index (χ2v) is 6.18. The van der Waals surface area contributed by atoms with E-state index in [-0.39, 0.29) is 5.92 Å². The Morgan fingerprint density at radius 1 is 1.45 bits per heavy atom. The second kappa shape index (κ2) is 4.90. The summed E-state index contributed by atoms with van der Waals surface area (Å²) in [6, 6.07) is 1.71. The SMILES string of the molecule is CC(C)C(C(=O)O)N1C(=O)NC(C)(c2cccs2)C1=O. The Morgan fingerprint density at radius 3 is 2.55 bits per heavy atom. The number of carbonyl (C=O) groups excluding carboxylic acids is 2. The van der Waals surface area contributed by atoms with Crippen LogP contribution in [0.1, 0.15) is 25.6 Å². The molecule has 2 heterocycles. The van der Waals surface area contributed by atoms with Gasteiger partial charge in [-0.15, -0.1) is 11.3 Å². The van der Waals surface area contributed by atoms with Crippen LogP contribution in [0.2, 0.25) is 0 Å². The van der Waals surface area contributed by atoms with Crippen LogP contribution in [-0.2, 0) is 15.1 Å². The molecule has 1 aromatic heterocycles. The van der Waals surface area contributed by atoms with Crippen LogP contribution in [0.3, 0.4) is 0 Å². The number of hydrogen-bond acceptors (Lipinski definition) is 4. The summed E-state index contributed by atoms with van der Waals surface area (Å²) in [4.78, 5) is 37.5. The Bertz CT molecular complexity index is 555. The maximum Gasteiger partial charge on any atom is 0.327 e. The zero-order chi connectivity index (χ0) is 15.1. The van der Waals surface area contributed by atoms with Gasteiger partial charge in [-0.1, -0.05) is 19.9 Å². The van der Waals surface area contributed by atoms with Crippen molar-refractivity contribution in [3.8, 4) is 0 Å². The van der Waals surface area contributed by atoms with Crippen LogP contribution in [0.4, 0.5) is 4.79 Å². The van der Waals surface area contributed by atoms with Crippen LogP contribution in [-0.4, -0.2) is 34.0 Å². The molecule has 0 aliphatic carbocycles. The number of rotatable bonds is 4. The molecule has 1 saturated heterocycles. The fourth-order valence-corrected chi connectivity index (χ4v) is 3.17. The summed E-state index contributed by atoms with van der Waals surface area (Å²) in [5.41, 5.74) is -1.19. The lowest BCUT2D eigenvalue weighted by molar-refractivity contribution is -0.149. The van der Waals surface area contributed by atoms with E-state index in [1.54, 1.807) is 38.3 Å². The second-order valence-electron chi connectivity index (χ2n) is 5.23. The molecule has 3 amide bonds. The van der Waals surface area contributed by atoms with Crippen LogP contribution in [0.15, 0.2) is 17.5 Å². The molecule has 1 aliphatic rings. The number of imide groups is 1. The molecule has 2 rings (SSSR count). The first-order valence-corrected chi connectivity index (χ1v) is 7.09. The predicted molar refractivity (Wildman–Crippen MR) is 73.3 cm³/mol. The first-order chi connectivity index (χ1) is 9.29. The van der Waals surface area contributed by atoms with Crippen LogP contribution in [0, 0.1) is 5.92 Å². The largest absolute Gasteiger partial charge is 0.480 e. The van der Waals surface area contributed by atoms with Crippen molar-refractivity contribution in [3.63, 3.8) is 0 Å². The van der Waals surface area contributed by atoms with E-state index in [0.717, 1.165) is 4.90 Å². The van der Waals surface area contributed by atoms with Crippen molar-refractivity contribution in [1.82, 2.24) is 10.2 Å². The molecule has 0 aromatic carbocycles. The van der Waals surface area contributed by atoms with E-state index >= 15 is 0 Å². The fraction of sp³-hybridized carbons (Fsp3) is 0.462. The summed E-state index contributed by atoms with van der Waals surface area (Å²) in [7, 11) is 0. The van der Waals surface area contributed by atoms with E-state index in [4.69, 9.17) is 0 Å². The summed E-state index contributed by atoms with van der Waals surface area (Å²) in [6.45, 7) is 4.93. The van der Waals surface area contributed by atoms with E-state index in [2.05, 4.69) is 5.32 Å². The smallest absolute Gasteiger partial charge is 0.327 e. The maximum atomic E-state index is 12.6. The molecule has 6 nitrogen and oxygen atoms in total. The van der Waals surface area contributed by atoms with Crippen molar-refractivity contribution in [2.45, 2.75) is 32.4 Å². The quantitative estimate of drug-likeness (QED) is 0.827. The standard InChI is InChI=1S/C13H16N2O4S/c1-7(2)9(10(16)17)15-11(18)13(3,14-12(15)19)8-5-4-6-20-8/h4-7,9H,1-3H3,(H,14,19)(H,16,17). The van der Waals surface area contributed by atoms with Gasteiger partial charge in [0, 0.05) is 4.88 Å². The molecule has 0 radical (unpaired) electrons. The fourth-order valence-electron chi connectivity index (χ4n) is 2.34. The third-order valence-corrected chi connectivity index (χ3v) is 4.49. The van der Waals surface area contributed by atoms with Gasteiger partial charge >= 0.3 is 12.0 Å². The number of carbonyl (C=O) groups is 3. The topological polar surface area (TPSA) is 86.7 Å². The van der Waals surface area contributed by atoms with Gasteiger partial charge in [0.05, 0.1) is 0 Å². The van der Waals surface area contributed by atoms with Crippen LogP contribution in [0.5, 0.6) is 0 Å². The van der Waals surface area contributed by atoms with Crippen molar-refractivity contribution < 1.29 is 19.5 Å². The van der Waals surface area contributed by atoms with Crippen molar-refractivity contribution in [2.75, 3.05) is 0 Å². The molecule has 2 N–H and O–H groups in total. The normalized spacial score (nSPS) is 24.1. The van der Waals surface area contributed by atoms with Gasteiger partial charge in [0.15, 0.2) is 5.54 Å². The Labute approximate surface area is 120 Å². The van der Waals surface area contributed by atoms with E-state index in [1.807, 2.05) is 0 Å². The first kappa shape index (κ1) is 14.5. The third kappa shape index (κ3) is 2.07. The molecule has 0 bridgehead atoms. The molecule has 1 aliphatic heterocycles. The van der Waals surface area contributed by atoms with Gasteiger partial charge in [-0.05, 0) is 24.3 Å². The Hall–Kier alpha value is -1.89. The minimum atomic E-state index is -1.19. The van der Waals surface area contributed by atoms with Gasteiger partial charge in [-0.3, -0.25) is 4.79 Å². The van der Waals surface area contributed by atoms with Gasteiger partial charge < -0.3 is 10.4 Å². The molecule has 2 unspecified atom stereocenters. The molecular weight excluding hydrogens is 280 g/mol. The summed E-state index contributed by atoms with van der Waals surface area (Å²) >= 11 is 1.35. The van der Waals surface area contributed by atoms with Crippen LogP contribution < -0.4 is 5.32 Å². The monoisotopic (exact) mass is 296 g/mol. The molecule has 7 heteroatoms. The Kier molecular flexibility index (Phi) is 3.56. The number of aliphatic carboxylic acids is 1. The molecule has 2 atom stereocenters. The number of thiophene rings is 1. The molecule has 1 fully saturated rings. The zero-order valence-electron chi connectivity index (χ0n) is 11.4. The number of carboxylic acid groups (broad SMARTS) is 1. The number of nitrogens with one attached hydrogen (secondary N) is 1. The van der Waals surface area contributed by atoms with Crippen LogP contribution >= 0.6 is 11.3 Å². The van der Waals surface area contributed by atoms with Crippen molar-refractivity contribution in [3.05, 3.63) is 22.4 Å². The molecular formula is C13H16N2O4S. The lowest BCUT2D eigenvalue weighted by atomic mass is 9.98. The third-order valence-electron chi connectivity index (χ3n) is 3.40. The number of hydrogen-bond donors (Lipinski definition) is 2. The van der Waals surface area contributed by atoms with Gasteiger partial charge in [0.25, 0.3) is 5.91 Å². The van der Waals surface area contributed by atoms with E-state index in [9.17, 15) is 19.5 Å². The minimum absolute atomic E-state index is 0.368. The van der Waals surface area contributed by atoms with Crippen molar-refractivity contribution >= 4 is 29.2 Å². The zero-order valence-corrected chi connectivity index (χ0v) is 12.2. The van der Waals surface area contributed by atoms with Gasteiger partial charge in [0.1, 0.15) is 6.04 Å². The lowest BCUT2D eigenvalue weighted by Crippen LogP contribution is -2.49. The maximum absolute atomic E-state index is 12.6. The van der Waals surface area contributed by atoms with Gasteiger partial charge in [0.2, 0.25) is 0 Å². The number of carboxylic acids is 1. The average molecular weight is 296 g/mol. The van der Waals surface area contributed by atoms with Gasteiger partial charge in [-0.25, -0.2) is 14.5 Å². The van der Waals surface area contributed by atoms with Crippen LogP contribution in [0.25, 0.3) is 0 Å². The highest BCUT2D eigenvalue weighted by atomic mass is 32.1. The average Bonchev–Trinajstić information content (AvgIpc) is 2.93. The Morgan fingerprint density at radius 2 is 2.10 bits per heavy atom. The molecule has 0 saturated carbocycles. The highest BCUT2D eigenvalue weighted by Crippen LogP contribution is 2.33. The molecule has 20 heavy (non-hydrogen) atoms. The number of urea groups is 1. The summed E-state index contributed by atoms with van der Waals surface area (Å²) in [6.07, 6.45) is 0. The lowest BCUT2D eigenvalue weighted by Gasteiger charge is -2.26. The summed E-state index contributed by atoms with van der Waals surface area (Å²) < 4.78 is 0. The summed E-state index contributed by atoms with van der Waals surface area (Å²) in [5, 5.41) is 13.7. The van der Waals surface area contributed by atoms with Crippen molar-refractivity contribution in [1.29, 1.82) is 0 Å². The highest BCUT2D eigenvalue weighted by Gasteiger charge is 2.53. The summed E-state index contributed by atoms with van der Waals surface area (Å²) in [5.74, 6) is -2.07.